The second kappa shape index (κ2) is 7.19. The zero-order valence-corrected chi connectivity index (χ0v) is 18.1. The molecule has 0 aromatic carbocycles. The molecule has 0 amide bonds. The van der Waals surface area contributed by atoms with E-state index in [1.165, 1.54) is 11.4 Å². The summed E-state index contributed by atoms with van der Waals surface area (Å²) in [6.07, 6.45) is 3.30. The first-order valence-electron chi connectivity index (χ1n) is 10.2. The molecular weight excluding hydrogens is 394 g/mol. The lowest BCUT2D eigenvalue weighted by molar-refractivity contribution is -0.128. The van der Waals surface area contributed by atoms with Crippen molar-refractivity contribution in [2.45, 2.75) is 52.1 Å². The van der Waals surface area contributed by atoms with Crippen LogP contribution in [0.3, 0.4) is 0 Å². The van der Waals surface area contributed by atoms with Gasteiger partial charge in [-0.1, -0.05) is 13.8 Å². The minimum atomic E-state index is -3.57. The molecule has 3 atom stereocenters. The Kier molecular flexibility index (Phi) is 5.09. The van der Waals surface area contributed by atoms with Gasteiger partial charge >= 0.3 is 0 Å². The van der Waals surface area contributed by atoms with Crippen molar-refractivity contribution in [1.82, 2.24) is 14.5 Å². The number of fused-ring (bicyclic) bond motifs is 2. The molecule has 3 unspecified atom stereocenters. The largest absolute Gasteiger partial charge is 0.480 e. The maximum atomic E-state index is 13.3. The number of ketones is 1. The van der Waals surface area contributed by atoms with Crippen molar-refractivity contribution in [3.8, 4) is 11.8 Å². The van der Waals surface area contributed by atoms with Crippen molar-refractivity contribution in [2.24, 2.45) is 16.7 Å². The topological polar surface area (TPSA) is 98.7 Å². The summed E-state index contributed by atoms with van der Waals surface area (Å²) in [5.41, 5.74) is -1.01. The molecule has 1 aliphatic heterocycles. The van der Waals surface area contributed by atoms with Crippen molar-refractivity contribution in [2.75, 3.05) is 26.0 Å². The van der Waals surface area contributed by atoms with E-state index < -0.39 is 15.4 Å². The molecule has 8 nitrogen and oxygen atoms in total. The molecule has 2 aliphatic carbocycles. The SMILES string of the molecule is COc1ccc(OC2CCCN(S(=O)(=O)CC34CCC(CC3=O)C4(C)C)C2)nn1. The van der Waals surface area contributed by atoms with Gasteiger partial charge in [0, 0.05) is 30.5 Å². The third-order valence-corrected chi connectivity index (χ3v) is 9.39. The van der Waals surface area contributed by atoms with E-state index in [4.69, 9.17) is 9.47 Å². The van der Waals surface area contributed by atoms with E-state index in [0.717, 1.165) is 12.8 Å². The van der Waals surface area contributed by atoms with Crippen LogP contribution in [-0.2, 0) is 14.8 Å². The van der Waals surface area contributed by atoms with Crippen LogP contribution in [0.15, 0.2) is 12.1 Å². The van der Waals surface area contributed by atoms with Gasteiger partial charge in [0.25, 0.3) is 0 Å². The molecule has 0 spiro atoms. The monoisotopic (exact) mass is 423 g/mol. The molecule has 1 aromatic heterocycles. The summed E-state index contributed by atoms with van der Waals surface area (Å²) in [7, 11) is -2.06. The van der Waals surface area contributed by atoms with Crippen LogP contribution in [0, 0.1) is 16.7 Å². The molecule has 3 fully saturated rings. The number of rotatable bonds is 6. The van der Waals surface area contributed by atoms with Crippen LogP contribution in [0.4, 0.5) is 0 Å². The maximum Gasteiger partial charge on any atom is 0.233 e. The Morgan fingerprint density at radius 3 is 2.52 bits per heavy atom. The number of Topliss-reactive ketones (excluding diaryl/α,β-unsaturated/α-hetero) is 1. The van der Waals surface area contributed by atoms with E-state index >= 15 is 0 Å². The number of sulfonamides is 1. The molecule has 4 rings (SSSR count). The molecule has 29 heavy (non-hydrogen) atoms. The van der Waals surface area contributed by atoms with Crippen LogP contribution in [-0.4, -0.2) is 60.8 Å². The lowest BCUT2D eigenvalue weighted by Gasteiger charge is -2.39. The minimum Gasteiger partial charge on any atom is -0.480 e. The fourth-order valence-electron chi connectivity index (χ4n) is 5.41. The number of nitrogens with zero attached hydrogens (tertiary/aromatic N) is 3. The van der Waals surface area contributed by atoms with Gasteiger partial charge in [-0.2, -0.15) is 4.31 Å². The smallest absolute Gasteiger partial charge is 0.233 e. The number of carbonyl (C=O) groups is 1. The van der Waals surface area contributed by atoms with E-state index in [1.807, 2.05) is 0 Å². The van der Waals surface area contributed by atoms with Crippen LogP contribution < -0.4 is 9.47 Å². The van der Waals surface area contributed by atoms with E-state index in [2.05, 4.69) is 24.0 Å². The summed E-state index contributed by atoms with van der Waals surface area (Å²) in [4.78, 5) is 12.8. The van der Waals surface area contributed by atoms with Crippen molar-refractivity contribution in [1.29, 1.82) is 0 Å². The second-order valence-corrected chi connectivity index (χ2v) is 11.0. The van der Waals surface area contributed by atoms with E-state index in [-0.39, 0.29) is 29.6 Å². The first kappa shape index (κ1) is 20.5. The summed E-state index contributed by atoms with van der Waals surface area (Å²) in [6, 6.07) is 3.32. The fraction of sp³-hybridized carbons (Fsp3) is 0.750. The molecule has 9 heteroatoms. The van der Waals surface area contributed by atoms with Crippen LogP contribution in [0.5, 0.6) is 11.8 Å². The highest BCUT2D eigenvalue weighted by Gasteiger charge is 2.65. The first-order chi connectivity index (χ1) is 13.7. The van der Waals surface area contributed by atoms with Gasteiger partial charge in [0.05, 0.1) is 19.4 Å². The lowest BCUT2D eigenvalue weighted by Crippen LogP contribution is -2.50. The summed E-state index contributed by atoms with van der Waals surface area (Å²) < 4.78 is 39.0. The number of carbonyl (C=O) groups excluding carboxylic acids is 1. The van der Waals surface area contributed by atoms with Gasteiger partial charge in [-0.25, -0.2) is 8.42 Å². The van der Waals surface area contributed by atoms with Crippen LogP contribution in [0.2, 0.25) is 0 Å². The summed E-state index contributed by atoms with van der Waals surface area (Å²) >= 11 is 0. The highest BCUT2D eigenvalue weighted by molar-refractivity contribution is 7.89. The fourth-order valence-corrected chi connectivity index (χ4v) is 7.70. The molecule has 0 N–H and O–H groups in total. The molecule has 3 aliphatic rings. The third-order valence-electron chi connectivity index (χ3n) is 7.41. The number of ether oxygens (including phenoxy) is 2. The van der Waals surface area contributed by atoms with Gasteiger partial charge < -0.3 is 9.47 Å². The number of hydrogen-bond acceptors (Lipinski definition) is 7. The Morgan fingerprint density at radius 1 is 1.21 bits per heavy atom. The van der Waals surface area contributed by atoms with E-state index in [0.29, 0.717) is 43.5 Å². The van der Waals surface area contributed by atoms with Crippen molar-refractivity contribution in [3.05, 3.63) is 12.1 Å². The number of methoxy groups -OCH3 is 1. The summed E-state index contributed by atoms with van der Waals surface area (Å²) in [6.45, 7) is 4.86. The summed E-state index contributed by atoms with van der Waals surface area (Å²) in [5, 5.41) is 7.84. The number of piperidine rings is 1. The summed E-state index contributed by atoms with van der Waals surface area (Å²) in [5.74, 6) is 1.08. The Hall–Kier alpha value is -1.74. The predicted octanol–water partition coefficient (Wildman–Crippen LogP) is 2.05. The van der Waals surface area contributed by atoms with Gasteiger partial charge in [0.1, 0.15) is 11.9 Å². The zero-order valence-electron chi connectivity index (χ0n) is 17.3. The molecule has 2 bridgehead atoms. The molecule has 2 saturated carbocycles. The maximum absolute atomic E-state index is 13.3. The molecule has 160 valence electrons. The van der Waals surface area contributed by atoms with Gasteiger partial charge in [-0.3, -0.25) is 4.79 Å². The van der Waals surface area contributed by atoms with Crippen LogP contribution in [0.1, 0.15) is 46.0 Å². The normalized spacial score (nSPS) is 31.8. The number of hydrogen-bond donors (Lipinski definition) is 0. The van der Waals surface area contributed by atoms with Gasteiger partial charge in [-0.05, 0) is 37.0 Å². The average molecular weight is 424 g/mol. The Balaban J connectivity index is 1.46. The molecule has 1 saturated heterocycles. The minimum absolute atomic E-state index is 0.0859. The molecular formula is C20H29N3O5S. The van der Waals surface area contributed by atoms with Crippen LogP contribution >= 0.6 is 0 Å². The average Bonchev–Trinajstić information content (AvgIpc) is 3.03. The first-order valence-corrected chi connectivity index (χ1v) is 11.8. The Bertz CT molecular complexity index is 886. The van der Waals surface area contributed by atoms with Gasteiger partial charge in [0.15, 0.2) is 0 Å². The molecule has 2 heterocycles. The molecule has 1 aromatic rings. The quantitative estimate of drug-likeness (QED) is 0.690. The Labute approximate surface area is 172 Å². The van der Waals surface area contributed by atoms with Gasteiger partial charge in [0.2, 0.25) is 21.8 Å². The zero-order chi connectivity index (χ0) is 20.9. The van der Waals surface area contributed by atoms with E-state index in [1.54, 1.807) is 12.1 Å². The predicted molar refractivity (Wildman–Crippen MR) is 106 cm³/mol. The Morgan fingerprint density at radius 2 is 1.93 bits per heavy atom. The number of aromatic nitrogens is 2. The van der Waals surface area contributed by atoms with Gasteiger partial charge in [-0.15, -0.1) is 10.2 Å². The van der Waals surface area contributed by atoms with E-state index in [9.17, 15) is 13.2 Å². The van der Waals surface area contributed by atoms with Crippen molar-refractivity contribution in [3.63, 3.8) is 0 Å². The highest BCUT2D eigenvalue weighted by atomic mass is 32.2. The van der Waals surface area contributed by atoms with Crippen LogP contribution in [0.25, 0.3) is 0 Å². The highest BCUT2D eigenvalue weighted by Crippen LogP contribution is 2.64. The van der Waals surface area contributed by atoms with Crippen molar-refractivity contribution < 1.29 is 22.7 Å². The van der Waals surface area contributed by atoms with Crippen molar-refractivity contribution >= 4 is 15.8 Å². The lowest BCUT2D eigenvalue weighted by atomic mass is 9.70. The standard InChI is InChI=1S/C20H29N3O5S/c1-19(2)14-8-9-20(19,16(24)11-14)13-29(25,26)23-10-4-5-15(12-23)28-18-7-6-17(27-3)21-22-18/h6-7,14-15H,4-5,8-13H2,1-3H3. The molecule has 0 radical (unpaired) electrons. The third kappa shape index (κ3) is 3.42. The second-order valence-electron chi connectivity index (χ2n) is 9.08.